The summed E-state index contributed by atoms with van der Waals surface area (Å²) in [4.78, 5) is 4.34. The zero-order valence-electron chi connectivity index (χ0n) is 11.9. The van der Waals surface area contributed by atoms with Crippen LogP contribution in [0.5, 0.6) is 5.75 Å². The van der Waals surface area contributed by atoms with Gasteiger partial charge in [0.05, 0.1) is 6.61 Å². The van der Waals surface area contributed by atoms with Crippen molar-refractivity contribution in [2.45, 2.75) is 25.3 Å². The van der Waals surface area contributed by atoms with Crippen molar-refractivity contribution in [2.75, 3.05) is 13.2 Å². The van der Waals surface area contributed by atoms with Gasteiger partial charge in [-0.2, -0.15) is 5.10 Å². The fourth-order valence-corrected chi connectivity index (χ4v) is 2.84. The Kier molecular flexibility index (Phi) is 3.69. The number of para-hydroxylation sites is 1. The normalized spacial score (nSPS) is 18.6. The van der Waals surface area contributed by atoms with Gasteiger partial charge in [-0.1, -0.05) is 25.1 Å². The van der Waals surface area contributed by atoms with Crippen molar-refractivity contribution >= 4 is 0 Å². The van der Waals surface area contributed by atoms with E-state index in [0.29, 0.717) is 12.0 Å². The predicted molar refractivity (Wildman–Crippen MR) is 76.8 cm³/mol. The molecular formula is C15H20N4O. The number of hydrogen-bond donors (Lipinski definition) is 1. The van der Waals surface area contributed by atoms with Crippen molar-refractivity contribution in [2.24, 2.45) is 7.05 Å². The second kappa shape index (κ2) is 5.63. The zero-order valence-corrected chi connectivity index (χ0v) is 11.9. The lowest BCUT2D eigenvalue weighted by Gasteiger charge is -2.23. The first-order chi connectivity index (χ1) is 9.79. The molecule has 2 atom stereocenters. The van der Waals surface area contributed by atoms with E-state index in [-0.39, 0.29) is 0 Å². The highest BCUT2D eigenvalue weighted by molar-refractivity contribution is 5.40. The minimum Gasteiger partial charge on any atom is -0.493 e. The molecule has 0 spiro atoms. The minimum absolute atomic E-state index is 0.312. The number of hydrogen-bond acceptors (Lipinski definition) is 4. The number of nitrogens with one attached hydrogen (secondary N) is 1. The summed E-state index contributed by atoms with van der Waals surface area (Å²) in [5, 5.41) is 7.72. The summed E-state index contributed by atoms with van der Waals surface area (Å²) in [6.45, 7) is 3.79. The number of fused-ring (bicyclic) bond motifs is 1. The molecule has 0 aliphatic carbocycles. The number of aromatic nitrogens is 3. The van der Waals surface area contributed by atoms with Crippen LogP contribution in [0.15, 0.2) is 30.6 Å². The van der Waals surface area contributed by atoms with Crippen LogP contribution in [-0.4, -0.2) is 34.0 Å². The lowest BCUT2D eigenvalue weighted by molar-refractivity contribution is 0.296. The molecule has 0 fully saturated rings. The van der Waals surface area contributed by atoms with Crippen molar-refractivity contribution in [1.29, 1.82) is 0 Å². The van der Waals surface area contributed by atoms with Gasteiger partial charge < -0.3 is 10.1 Å². The van der Waals surface area contributed by atoms with Crippen molar-refractivity contribution in [3.63, 3.8) is 0 Å². The Bertz CT molecular complexity index is 581. The SMILES string of the molecule is CCNC(Cc1ncnn1C)C1COc2ccccc21. The van der Waals surface area contributed by atoms with Gasteiger partial charge in [-0.05, 0) is 12.6 Å². The van der Waals surface area contributed by atoms with Gasteiger partial charge >= 0.3 is 0 Å². The van der Waals surface area contributed by atoms with Gasteiger partial charge in [0.1, 0.15) is 17.9 Å². The molecule has 1 aliphatic heterocycles. The van der Waals surface area contributed by atoms with Gasteiger partial charge in [0.2, 0.25) is 0 Å². The van der Waals surface area contributed by atoms with Crippen LogP contribution in [0.4, 0.5) is 0 Å². The second-order valence-electron chi connectivity index (χ2n) is 5.12. The van der Waals surface area contributed by atoms with Gasteiger partial charge in [-0.3, -0.25) is 4.68 Å². The van der Waals surface area contributed by atoms with Crippen LogP contribution >= 0.6 is 0 Å². The molecule has 0 saturated heterocycles. The fourth-order valence-electron chi connectivity index (χ4n) is 2.84. The molecule has 5 nitrogen and oxygen atoms in total. The number of ether oxygens (including phenoxy) is 1. The van der Waals surface area contributed by atoms with Crippen LogP contribution in [0, 0.1) is 0 Å². The molecule has 0 saturated carbocycles. The van der Waals surface area contributed by atoms with Gasteiger partial charge in [0.15, 0.2) is 0 Å². The fraction of sp³-hybridized carbons (Fsp3) is 0.467. The molecule has 106 valence electrons. The molecule has 0 radical (unpaired) electrons. The molecule has 2 unspecified atom stereocenters. The first kappa shape index (κ1) is 13.1. The first-order valence-electron chi connectivity index (χ1n) is 7.07. The summed E-state index contributed by atoms with van der Waals surface area (Å²) in [5.41, 5.74) is 1.29. The maximum atomic E-state index is 5.80. The summed E-state index contributed by atoms with van der Waals surface area (Å²) in [7, 11) is 1.93. The van der Waals surface area contributed by atoms with Crippen LogP contribution in [0.1, 0.15) is 24.2 Å². The maximum Gasteiger partial charge on any atom is 0.138 e. The Labute approximate surface area is 119 Å². The lowest BCUT2D eigenvalue weighted by Crippen LogP contribution is -2.38. The Morgan fingerprint density at radius 2 is 2.30 bits per heavy atom. The average molecular weight is 272 g/mol. The van der Waals surface area contributed by atoms with E-state index in [0.717, 1.165) is 31.1 Å². The third kappa shape index (κ3) is 2.41. The zero-order chi connectivity index (χ0) is 13.9. The number of aryl methyl sites for hydroxylation is 1. The molecule has 0 bridgehead atoms. The summed E-state index contributed by atoms with van der Waals surface area (Å²) in [6.07, 6.45) is 2.46. The number of rotatable bonds is 5. The highest BCUT2D eigenvalue weighted by Gasteiger charge is 2.31. The van der Waals surface area contributed by atoms with Crippen LogP contribution < -0.4 is 10.1 Å². The average Bonchev–Trinajstić information content (AvgIpc) is 3.05. The van der Waals surface area contributed by atoms with E-state index < -0.39 is 0 Å². The van der Waals surface area contributed by atoms with Gasteiger partial charge in [-0.15, -0.1) is 0 Å². The molecule has 3 rings (SSSR count). The van der Waals surface area contributed by atoms with Gasteiger partial charge in [0, 0.05) is 31.0 Å². The molecule has 0 amide bonds. The standard InChI is InChI=1S/C15H20N4O/c1-3-16-13(8-15-17-10-18-19(15)2)12-9-20-14-7-5-4-6-11(12)14/h4-7,10,12-13,16H,3,8-9H2,1-2H3. The van der Waals surface area contributed by atoms with Crippen LogP contribution in [0.3, 0.4) is 0 Å². The molecule has 1 aromatic heterocycles. The Morgan fingerprint density at radius 3 is 3.05 bits per heavy atom. The number of nitrogens with zero attached hydrogens (tertiary/aromatic N) is 3. The van der Waals surface area contributed by atoms with E-state index in [1.54, 1.807) is 6.33 Å². The number of likely N-dealkylation sites (N-methyl/N-ethyl adjacent to an activating group) is 1. The maximum absolute atomic E-state index is 5.80. The molecule has 2 heterocycles. The molecule has 1 aromatic carbocycles. The van der Waals surface area contributed by atoms with Crippen molar-refractivity contribution in [3.05, 3.63) is 42.0 Å². The van der Waals surface area contributed by atoms with Crippen LogP contribution in [-0.2, 0) is 13.5 Å². The molecular weight excluding hydrogens is 252 g/mol. The summed E-state index contributed by atoms with van der Waals surface area (Å²) in [5.74, 6) is 2.38. The summed E-state index contributed by atoms with van der Waals surface area (Å²) in [6, 6.07) is 8.61. The van der Waals surface area contributed by atoms with E-state index in [9.17, 15) is 0 Å². The third-order valence-electron chi connectivity index (χ3n) is 3.90. The van der Waals surface area contributed by atoms with Gasteiger partial charge in [-0.25, -0.2) is 4.98 Å². The highest BCUT2D eigenvalue weighted by Crippen LogP contribution is 2.36. The third-order valence-corrected chi connectivity index (χ3v) is 3.90. The Balaban J connectivity index is 1.83. The molecule has 20 heavy (non-hydrogen) atoms. The predicted octanol–water partition coefficient (Wildman–Crippen LogP) is 1.51. The topological polar surface area (TPSA) is 52.0 Å². The molecule has 5 heteroatoms. The number of benzene rings is 1. The van der Waals surface area contributed by atoms with E-state index in [4.69, 9.17) is 4.74 Å². The first-order valence-corrected chi connectivity index (χ1v) is 7.07. The smallest absolute Gasteiger partial charge is 0.138 e. The second-order valence-corrected chi connectivity index (χ2v) is 5.12. The monoisotopic (exact) mass is 272 g/mol. The van der Waals surface area contributed by atoms with E-state index in [2.05, 4.69) is 34.5 Å². The Hall–Kier alpha value is -1.88. The Morgan fingerprint density at radius 1 is 1.45 bits per heavy atom. The van der Waals surface area contributed by atoms with E-state index in [1.807, 2.05) is 23.9 Å². The summed E-state index contributed by atoms with van der Waals surface area (Å²) < 4.78 is 7.64. The van der Waals surface area contributed by atoms with Crippen molar-refractivity contribution in [3.8, 4) is 5.75 Å². The molecule has 1 aliphatic rings. The van der Waals surface area contributed by atoms with Crippen LogP contribution in [0.25, 0.3) is 0 Å². The molecule has 1 N–H and O–H groups in total. The largest absolute Gasteiger partial charge is 0.493 e. The van der Waals surface area contributed by atoms with E-state index >= 15 is 0 Å². The van der Waals surface area contributed by atoms with Crippen molar-refractivity contribution < 1.29 is 4.74 Å². The molecule has 2 aromatic rings. The minimum atomic E-state index is 0.312. The van der Waals surface area contributed by atoms with Gasteiger partial charge in [0.25, 0.3) is 0 Å². The van der Waals surface area contributed by atoms with E-state index in [1.165, 1.54) is 5.56 Å². The van der Waals surface area contributed by atoms with Crippen molar-refractivity contribution in [1.82, 2.24) is 20.1 Å². The van der Waals surface area contributed by atoms with Crippen LogP contribution in [0.2, 0.25) is 0 Å². The quantitative estimate of drug-likeness (QED) is 0.896. The highest BCUT2D eigenvalue weighted by atomic mass is 16.5. The lowest BCUT2D eigenvalue weighted by atomic mass is 9.91. The summed E-state index contributed by atoms with van der Waals surface area (Å²) >= 11 is 0.